The summed E-state index contributed by atoms with van der Waals surface area (Å²) in [6.45, 7) is 6.34. The molecule has 0 unspecified atom stereocenters. The van der Waals surface area contributed by atoms with Gasteiger partial charge in [-0.15, -0.1) is 0 Å². The summed E-state index contributed by atoms with van der Waals surface area (Å²) in [6.07, 6.45) is 7.40. The quantitative estimate of drug-likeness (QED) is 0.708. The maximum atomic E-state index is 5.32. The van der Waals surface area contributed by atoms with E-state index in [2.05, 4.69) is 11.8 Å². The SMILES string of the molecule is CCC1CCN(CC2CC(OC)C2)CC1. The second kappa shape index (κ2) is 5.31. The molecule has 0 radical (unpaired) electrons. The molecular formula is C13H25NO. The van der Waals surface area contributed by atoms with Crippen molar-refractivity contribution in [2.45, 2.75) is 45.1 Å². The predicted octanol–water partition coefficient (Wildman–Crippen LogP) is 2.53. The highest BCUT2D eigenvalue weighted by molar-refractivity contribution is 4.83. The number of nitrogens with zero attached hydrogens (tertiary/aromatic N) is 1. The Morgan fingerprint density at radius 2 is 1.80 bits per heavy atom. The van der Waals surface area contributed by atoms with Gasteiger partial charge in [0.25, 0.3) is 0 Å². The van der Waals surface area contributed by atoms with Gasteiger partial charge in [0.15, 0.2) is 0 Å². The van der Waals surface area contributed by atoms with E-state index in [9.17, 15) is 0 Å². The van der Waals surface area contributed by atoms with Crippen molar-refractivity contribution >= 4 is 0 Å². The Hall–Kier alpha value is -0.0800. The van der Waals surface area contributed by atoms with Gasteiger partial charge in [0.05, 0.1) is 6.10 Å². The fraction of sp³-hybridized carbons (Fsp3) is 1.00. The van der Waals surface area contributed by atoms with Crippen LogP contribution in [0, 0.1) is 11.8 Å². The predicted molar refractivity (Wildman–Crippen MR) is 63.0 cm³/mol. The zero-order valence-corrected chi connectivity index (χ0v) is 10.2. The lowest BCUT2D eigenvalue weighted by Gasteiger charge is -2.40. The number of ether oxygens (including phenoxy) is 1. The monoisotopic (exact) mass is 211 g/mol. The minimum atomic E-state index is 0.572. The molecule has 1 aliphatic carbocycles. The van der Waals surface area contributed by atoms with Gasteiger partial charge in [-0.3, -0.25) is 0 Å². The van der Waals surface area contributed by atoms with E-state index in [1.165, 1.54) is 51.7 Å². The molecule has 0 bridgehead atoms. The minimum absolute atomic E-state index is 0.572. The lowest BCUT2D eigenvalue weighted by molar-refractivity contribution is -0.0142. The highest BCUT2D eigenvalue weighted by atomic mass is 16.5. The Kier molecular flexibility index (Phi) is 4.04. The number of rotatable bonds is 4. The molecule has 88 valence electrons. The summed E-state index contributed by atoms with van der Waals surface area (Å²) in [4.78, 5) is 2.67. The van der Waals surface area contributed by atoms with Gasteiger partial charge in [-0.25, -0.2) is 0 Å². The van der Waals surface area contributed by atoms with Crippen molar-refractivity contribution in [2.24, 2.45) is 11.8 Å². The molecule has 1 aliphatic heterocycles. The fourth-order valence-corrected chi connectivity index (χ4v) is 2.96. The van der Waals surface area contributed by atoms with Crippen LogP contribution in [0.5, 0.6) is 0 Å². The Labute approximate surface area is 94.0 Å². The topological polar surface area (TPSA) is 12.5 Å². The van der Waals surface area contributed by atoms with Gasteiger partial charge in [-0.1, -0.05) is 13.3 Å². The first-order valence-corrected chi connectivity index (χ1v) is 6.57. The van der Waals surface area contributed by atoms with Gasteiger partial charge in [-0.2, -0.15) is 0 Å². The largest absolute Gasteiger partial charge is 0.381 e. The average Bonchev–Trinajstić information content (AvgIpc) is 2.23. The molecule has 1 saturated heterocycles. The Bertz CT molecular complexity index is 181. The van der Waals surface area contributed by atoms with E-state index in [0.717, 1.165) is 11.8 Å². The fourth-order valence-electron chi connectivity index (χ4n) is 2.96. The summed E-state index contributed by atoms with van der Waals surface area (Å²) in [7, 11) is 1.84. The number of methoxy groups -OCH3 is 1. The van der Waals surface area contributed by atoms with Crippen LogP contribution < -0.4 is 0 Å². The Morgan fingerprint density at radius 3 is 2.33 bits per heavy atom. The summed E-state index contributed by atoms with van der Waals surface area (Å²) in [5, 5.41) is 0. The molecule has 1 saturated carbocycles. The van der Waals surface area contributed by atoms with Crippen LogP contribution in [0.15, 0.2) is 0 Å². The van der Waals surface area contributed by atoms with E-state index in [-0.39, 0.29) is 0 Å². The molecule has 0 aromatic carbocycles. The van der Waals surface area contributed by atoms with Crippen molar-refractivity contribution in [3.63, 3.8) is 0 Å². The summed E-state index contributed by atoms with van der Waals surface area (Å²) < 4.78 is 5.32. The van der Waals surface area contributed by atoms with Crippen LogP contribution in [-0.4, -0.2) is 37.7 Å². The van der Waals surface area contributed by atoms with Crippen molar-refractivity contribution < 1.29 is 4.74 Å². The summed E-state index contributed by atoms with van der Waals surface area (Å²) in [5.74, 6) is 1.93. The first kappa shape index (κ1) is 11.4. The van der Waals surface area contributed by atoms with Crippen molar-refractivity contribution in [3.05, 3.63) is 0 Å². The van der Waals surface area contributed by atoms with Crippen molar-refractivity contribution in [1.29, 1.82) is 0 Å². The molecule has 15 heavy (non-hydrogen) atoms. The van der Waals surface area contributed by atoms with Gasteiger partial charge < -0.3 is 9.64 Å². The van der Waals surface area contributed by atoms with Crippen LogP contribution in [0.4, 0.5) is 0 Å². The molecule has 0 amide bonds. The second-order valence-corrected chi connectivity index (χ2v) is 5.35. The van der Waals surface area contributed by atoms with E-state index < -0.39 is 0 Å². The van der Waals surface area contributed by atoms with Gasteiger partial charge in [0, 0.05) is 13.7 Å². The highest BCUT2D eigenvalue weighted by Crippen LogP contribution is 2.31. The second-order valence-electron chi connectivity index (χ2n) is 5.35. The van der Waals surface area contributed by atoms with Crippen LogP contribution in [0.2, 0.25) is 0 Å². The molecule has 2 nitrogen and oxygen atoms in total. The molecule has 1 heterocycles. The number of hydrogen-bond acceptors (Lipinski definition) is 2. The van der Waals surface area contributed by atoms with Crippen LogP contribution in [0.1, 0.15) is 39.0 Å². The molecule has 2 heteroatoms. The molecule has 0 atom stereocenters. The van der Waals surface area contributed by atoms with E-state index in [1.54, 1.807) is 0 Å². The first-order valence-electron chi connectivity index (χ1n) is 6.57. The number of hydrogen-bond donors (Lipinski definition) is 0. The van der Waals surface area contributed by atoms with E-state index in [1.807, 2.05) is 7.11 Å². The van der Waals surface area contributed by atoms with Gasteiger partial charge in [-0.05, 0) is 50.6 Å². The van der Waals surface area contributed by atoms with Crippen molar-refractivity contribution in [3.8, 4) is 0 Å². The molecule has 2 rings (SSSR count). The maximum Gasteiger partial charge on any atom is 0.0577 e. The third-order valence-electron chi connectivity index (χ3n) is 4.33. The van der Waals surface area contributed by atoms with E-state index in [4.69, 9.17) is 4.74 Å². The Balaban J connectivity index is 1.61. The molecule has 0 spiro atoms. The summed E-state index contributed by atoms with van der Waals surface area (Å²) in [5.41, 5.74) is 0. The zero-order valence-electron chi connectivity index (χ0n) is 10.2. The lowest BCUT2D eigenvalue weighted by atomic mass is 9.81. The number of piperidine rings is 1. The van der Waals surface area contributed by atoms with Crippen LogP contribution in [-0.2, 0) is 4.74 Å². The van der Waals surface area contributed by atoms with Gasteiger partial charge in [0.1, 0.15) is 0 Å². The third-order valence-corrected chi connectivity index (χ3v) is 4.33. The summed E-state index contributed by atoms with van der Waals surface area (Å²) in [6, 6.07) is 0. The molecule has 0 aromatic heterocycles. The normalized spacial score (nSPS) is 34.0. The maximum absolute atomic E-state index is 5.32. The van der Waals surface area contributed by atoms with Crippen LogP contribution in [0.3, 0.4) is 0 Å². The summed E-state index contributed by atoms with van der Waals surface area (Å²) >= 11 is 0. The lowest BCUT2D eigenvalue weighted by Crippen LogP contribution is -2.42. The molecule has 0 N–H and O–H groups in total. The number of likely N-dealkylation sites (tertiary alicyclic amines) is 1. The smallest absolute Gasteiger partial charge is 0.0577 e. The van der Waals surface area contributed by atoms with E-state index >= 15 is 0 Å². The minimum Gasteiger partial charge on any atom is -0.381 e. The van der Waals surface area contributed by atoms with E-state index in [0.29, 0.717) is 6.10 Å². The van der Waals surface area contributed by atoms with Gasteiger partial charge >= 0.3 is 0 Å². The van der Waals surface area contributed by atoms with Crippen molar-refractivity contribution in [2.75, 3.05) is 26.7 Å². The Morgan fingerprint density at radius 1 is 1.13 bits per heavy atom. The molecule has 2 aliphatic rings. The van der Waals surface area contributed by atoms with Crippen LogP contribution in [0.25, 0.3) is 0 Å². The third kappa shape index (κ3) is 2.94. The molecule has 2 fully saturated rings. The molecular weight excluding hydrogens is 186 g/mol. The first-order chi connectivity index (χ1) is 7.31. The van der Waals surface area contributed by atoms with Gasteiger partial charge in [0.2, 0.25) is 0 Å². The molecule has 0 aromatic rings. The highest BCUT2D eigenvalue weighted by Gasteiger charge is 2.31. The van der Waals surface area contributed by atoms with Crippen LogP contribution >= 0.6 is 0 Å². The zero-order chi connectivity index (χ0) is 10.7. The average molecular weight is 211 g/mol. The van der Waals surface area contributed by atoms with Crippen molar-refractivity contribution in [1.82, 2.24) is 4.90 Å². The standard InChI is InChI=1S/C13H25NO/c1-3-11-4-6-14(7-5-11)10-12-8-13(9-12)15-2/h11-13H,3-10H2,1-2H3.